The molecule has 2 unspecified atom stereocenters. The van der Waals surface area contributed by atoms with Crippen LogP contribution in [0.1, 0.15) is 42.6 Å². The molecule has 2 heterocycles. The van der Waals surface area contributed by atoms with Gasteiger partial charge in [-0.15, -0.1) is 11.3 Å². The van der Waals surface area contributed by atoms with E-state index in [1.807, 2.05) is 0 Å². The fraction of sp³-hybridized carbons (Fsp3) is 0.588. The second-order valence-electron chi connectivity index (χ2n) is 6.49. The lowest BCUT2D eigenvalue weighted by Crippen LogP contribution is -2.32. The highest BCUT2D eigenvalue weighted by molar-refractivity contribution is 7.18. The highest BCUT2D eigenvalue weighted by atomic mass is 32.1. The number of rotatable bonds is 5. The van der Waals surface area contributed by atoms with E-state index >= 15 is 0 Å². The van der Waals surface area contributed by atoms with Gasteiger partial charge in [-0.2, -0.15) is 0 Å². The SMILES string of the molecule is COCCc1nc2sc3c(c2c(=O)n1C(C)C(=O)O)CCC(C)C3. The molecule has 0 spiro atoms. The lowest BCUT2D eigenvalue weighted by molar-refractivity contribution is -0.140. The van der Waals surface area contributed by atoms with Crippen LogP contribution < -0.4 is 5.56 Å². The van der Waals surface area contributed by atoms with Gasteiger partial charge in [0.05, 0.1) is 12.0 Å². The number of ether oxygens (including phenoxy) is 1. The maximum atomic E-state index is 13.1. The Morgan fingerprint density at radius 3 is 2.96 bits per heavy atom. The molecule has 2 aromatic heterocycles. The fourth-order valence-electron chi connectivity index (χ4n) is 3.32. The lowest BCUT2D eigenvalue weighted by Gasteiger charge is -2.18. The van der Waals surface area contributed by atoms with Gasteiger partial charge in [-0.1, -0.05) is 6.92 Å². The largest absolute Gasteiger partial charge is 0.480 e. The summed E-state index contributed by atoms with van der Waals surface area (Å²) in [6.07, 6.45) is 3.31. The molecule has 6 nitrogen and oxygen atoms in total. The first-order valence-electron chi connectivity index (χ1n) is 8.21. The first kappa shape index (κ1) is 17.1. The Morgan fingerprint density at radius 1 is 1.54 bits per heavy atom. The van der Waals surface area contributed by atoms with Crippen LogP contribution in [0.15, 0.2) is 4.79 Å². The molecule has 24 heavy (non-hydrogen) atoms. The van der Waals surface area contributed by atoms with Crippen molar-refractivity contribution in [3.8, 4) is 0 Å². The molecule has 1 N–H and O–H groups in total. The fourth-order valence-corrected chi connectivity index (χ4v) is 4.72. The Bertz CT molecular complexity index is 839. The minimum atomic E-state index is -1.03. The average molecular weight is 350 g/mol. The summed E-state index contributed by atoms with van der Waals surface area (Å²) in [4.78, 5) is 31.2. The third kappa shape index (κ3) is 2.86. The number of nitrogens with zero attached hydrogens (tertiary/aromatic N) is 2. The number of fused-ring (bicyclic) bond motifs is 3. The smallest absolute Gasteiger partial charge is 0.326 e. The quantitative estimate of drug-likeness (QED) is 0.895. The van der Waals surface area contributed by atoms with Crippen LogP contribution in [0.3, 0.4) is 0 Å². The monoisotopic (exact) mass is 350 g/mol. The van der Waals surface area contributed by atoms with Crippen LogP contribution in [-0.2, 0) is 28.8 Å². The van der Waals surface area contributed by atoms with Gasteiger partial charge in [-0.05, 0) is 37.7 Å². The van der Waals surface area contributed by atoms with Crippen LogP contribution in [0, 0.1) is 5.92 Å². The molecule has 0 radical (unpaired) electrons. The minimum absolute atomic E-state index is 0.229. The number of hydrogen-bond acceptors (Lipinski definition) is 5. The number of thiophene rings is 1. The highest BCUT2D eigenvalue weighted by Crippen LogP contribution is 2.36. The van der Waals surface area contributed by atoms with Gasteiger partial charge >= 0.3 is 5.97 Å². The Labute approximate surface area is 144 Å². The maximum Gasteiger partial charge on any atom is 0.326 e. The van der Waals surface area contributed by atoms with Crippen LogP contribution in [0.2, 0.25) is 0 Å². The summed E-state index contributed by atoms with van der Waals surface area (Å²) in [7, 11) is 1.58. The molecule has 130 valence electrons. The van der Waals surface area contributed by atoms with Gasteiger partial charge in [0, 0.05) is 18.4 Å². The normalized spacial score (nSPS) is 18.5. The van der Waals surface area contributed by atoms with Crippen molar-refractivity contribution in [3.63, 3.8) is 0 Å². The summed E-state index contributed by atoms with van der Waals surface area (Å²) in [5.41, 5.74) is 0.850. The molecule has 7 heteroatoms. The van der Waals surface area contributed by atoms with Crippen molar-refractivity contribution in [2.24, 2.45) is 5.92 Å². The zero-order valence-electron chi connectivity index (χ0n) is 14.2. The Morgan fingerprint density at radius 2 is 2.29 bits per heavy atom. The average Bonchev–Trinajstić information content (AvgIpc) is 2.89. The van der Waals surface area contributed by atoms with Crippen molar-refractivity contribution in [1.29, 1.82) is 0 Å². The van der Waals surface area contributed by atoms with E-state index in [2.05, 4.69) is 11.9 Å². The topological polar surface area (TPSA) is 81.4 Å². The first-order chi connectivity index (χ1) is 11.4. The Hall–Kier alpha value is -1.73. The van der Waals surface area contributed by atoms with Crippen molar-refractivity contribution >= 4 is 27.5 Å². The van der Waals surface area contributed by atoms with E-state index in [0.29, 0.717) is 30.2 Å². The van der Waals surface area contributed by atoms with E-state index < -0.39 is 12.0 Å². The second-order valence-corrected chi connectivity index (χ2v) is 7.58. The molecule has 0 saturated carbocycles. The van der Waals surface area contributed by atoms with Crippen molar-refractivity contribution in [2.45, 2.75) is 45.6 Å². The van der Waals surface area contributed by atoms with E-state index in [1.54, 1.807) is 18.4 Å². The summed E-state index contributed by atoms with van der Waals surface area (Å²) in [6, 6.07) is -0.945. The number of carbonyl (C=O) groups is 1. The molecular weight excluding hydrogens is 328 g/mol. The van der Waals surface area contributed by atoms with Crippen molar-refractivity contribution in [2.75, 3.05) is 13.7 Å². The minimum Gasteiger partial charge on any atom is -0.480 e. The van der Waals surface area contributed by atoms with Gasteiger partial charge in [-0.25, -0.2) is 9.78 Å². The highest BCUT2D eigenvalue weighted by Gasteiger charge is 2.27. The third-order valence-electron chi connectivity index (χ3n) is 4.71. The summed E-state index contributed by atoms with van der Waals surface area (Å²) in [6.45, 7) is 4.14. The van der Waals surface area contributed by atoms with E-state index in [4.69, 9.17) is 4.74 Å². The summed E-state index contributed by atoms with van der Waals surface area (Å²) < 4.78 is 6.42. The predicted molar refractivity (Wildman–Crippen MR) is 93.0 cm³/mol. The molecule has 0 amide bonds. The zero-order valence-corrected chi connectivity index (χ0v) is 15.0. The van der Waals surface area contributed by atoms with Crippen molar-refractivity contribution in [1.82, 2.24) is 9.55 Å². The van der Waals surface area contributed by atoms with Gasteiger partial charge in [0.2, 0.25) is 0 Å². The third-order valence-corrected chi connectivity index (χ3v) is 5.86. The number of aryl methyl sites for hydroxylation is 1. The number of methoxy groups -OCH3 is 1. The molecule has 2 aromatic rings. The molecule has 0 aromatic carbocycles. The summed E-state index contributed by atoms with van der Waals surface area (Å²) >= 11 is 1.58. The van der Waals surface area contributed by atoms with Crippen molar-refractivity contribution < 1.29 is 14.6 Å². The maximum absolute atomic E-state index is 13.1. The molecule has 1 aliphatic carbocycles. The van der Waals surface area contributed by atoms with Gasteiger partial charge in [0.1, 0.15) is 16.7 Å². The van der Waals surface area contributed by atoms with Crippen LogP contribution in [0.4, 0.5) is 0 Å². The molecule has 1 aliphatic rings. The predicted octanol–water partition coefficient (Wildman–Crippen LogP) is 2.42. The molecule has 0 fully saturated rings. The molecule has 0 aliphatic heterocycles. The van der Waals surface area contributed by atoms with Gasteiger partial charge in [-0.3, -0.25) is 9.36 Å². The van der Waals surface area contributed by atoms with E-state index in [9.17, 15) is 14.7 Å². The first-order valence-corrected chi connectivity index (χ1v) is 9.03. The molecule has 3 rings (SSSR count). The standard InChI is InChI=1S/C17H22N2O4S/c1-9-4-5-11-12(8-9)24-15-14(11)16(20)19(10(2)17(21)22)13(18-15)6-7-23-3/h9-10H,4-8H2,1-3H3,(H,21,22). The molecular formula is C17H22N2O4S. The number of aromatic nitrogens is 2. The van der Waals surface area contributed by atoms with E-state index in [-0.39, 0.29) is 5.56 Å². The number of aliphatic carboxylic acids is 1. The number of carboxylic acids is 1. The lowest BCUT2D eigenvalue weighted by atomic mass is 9.89. The van der Waals surface area contributed by atoms with Crippen molar-refractivity contribution in [3.05, 3.63) is 26.6 Å². The molecule has 0 saturated heterocycles. The van der Waals surface area contributed by atoms with E-state index in [0.717, 1.165) is 29.7 Å². The van der Waals surface area contributed by atoms with E-state index in [1.165, 1.54) is 16.4 Å². The number of carboxylic acid groups (broad SMARTS) is 1. The second kappa shape index (κ2) is 6.64. The summed E-state index contributed by atoms with van der Waals surface area (Å²) in [5.74, 6) is 0.0595. The Balaban J connectivity index is 2.24. The van der Waals surface area contributed by atoms with Crippen LogP contribution in [0.25, 0.3) is 10.2 Å². The van der Waals surface area contributed by atoms with Crippen LogP contribution >= 0.6 is 11.3 Å². The molecule has 2 atom stereocenters. The Kier molecular flexibility index (Phi) is 4.73. The molecule has 0 bridgehead atoms. The van der Waals surface area contributed by atoms with Gasteiger partial charge < -0.3 is 9.84 Å². The van der Waals surface area contributed by atoms with Gasteiger partial charge in [0.25, 0.3) is 5.56 Å². The van der Waals surface area contributed by atoms with Crippen LogP contribution in [0.5, 0.6) is 0 Å². The zero-order chi connectivity index (χ0) is 17.4. The van der Waals surface area contributed by atoms with Crippen LogP contribution in [-0.4, -0.2) is 34.3 Å². The number of hydrogen-bond donors (Lipinski definition) is 1. The summed E-state index contributed by atoms with van der Waals surface area (Å²) in [5, 5.41) is 10.0. The van der Waals surface area contributed by atoms with Gasteiger partial charge in [0.15, 0.2) is 0 Å².